The molecule has 3 heterocycles. The fraction of sp³-hybridized carbons (Fsp3) is 0.500. The summed E-state index contributed by atoms with van der Waals surface area (Å²) in [7, 11) is 0. The Morgan fingerprint density at radius 2 is 2.39 bits per heavy atom. The minimum atomic E-state index is -0.156. The van der Waals surface area contributed by atoms with E-state index in [9.17, 15) is 0 Å². The normalized spacial score (nSPS) is 16.6. The van der Waals surface area contributed by atoms with Crippen LogP contribution in [0.3, 0.4) is 0 Å². The van der Waals surface area contributed by atoms with Crippen molar-refractivity contribution in [1.82, 2.24) is 10.2 Å². The average Bonchev–Trinajstić information content (AvgIpc) is 3.03. The predicted molar refractivity (Wildman–Crippen MR) is 74.7 cm³/mol. The molecule has 0 saturated carbocycles. The lowest BCUT2D eigenvalue weighted by Gasteiger charge is -2.08. The Morgan fingerprint density at radius 3 is 3.17 bits per heavy atom. The quantitative estimate of drug-likeness (QED) is 0.937. The number of thioether (sulfide) groups is 1. The monoisotopic (exact) mass is 281 g/mol. The third kappa shape index (κ3) is 2.20. The number of hydrogen-bond acceptors (Lipinski definition) is 6. The smallest absolute Gasteiger partial charge is 0.257 e. The maximum Gasteiger partial charge on any atom is 0.257 e. The second kappa shape index (κ2) is 5.03. The zero-order chi connectivity index (χ0) is 12.5. The fourth-order valence-electron chi connectivity index (χ4n) is 1.91. The van der Waals surface area contributed by atoms with E-state index < -0.39 is 0 Å². The molecule has 1 aliphatic rings. The van der Waals surface area contributed by atoms with Crippen LogP contribution >= 0.6 is 23.1 Å². The molecule has 0 amide bonds. The minimum Gasteiger partial charge on any atom is -0.418 e. The second-order valence-electron chi connectivity index (χ2n) is 4.32. The Labute approximate surface area is 114 Å². The van der Waals surface area contributed by atoms with Crippen molar-refractivity contribution in [2.45, 2.75) is 31.6 Å². The van der Waals surface area contributed by atoms with Crippen LogP contribution in [0.4, 0.5) is 0 Å². The molecule has 0 spiro atoms. The van der Waals surface area contributed by atoms with Gasteiger partial charge in [-0.15, -0.1) is 21.5 Å². The van der Waals surface area contributed by atoms with Crippen LogP contribution in [0, 0.1) is 0 Å². The van der Waals surface area contributed by atoms with Crippen molar-refractivity contribution in [3.05, 3.63) is 22.4 Å². The zero-order valence-corrected chi connectivity index (χ0v) is 11.8. The summed E-state index contributed by atoms with van der Waals surface area (Å²) in [6, 6.07) is 2.03. The molecule has 18 heavy (non-hydrogen) atoms. The van der Waals surface area contributed by atoms with Crippen molar-refractivity contribution in [1.29, 1.82) is 0 Å². The summed E-state index contributed by atoms with van der Waals surface area (Å²) in [5, 5.41) is 8.14. The van der Waals surface area contributed by atoms with Crippen molar-refractivity contribution >= 4 is 23.1 Å². The Morgan fingerprint density at radius 1 is 1.50 bits per heavy atom. The predicted octanol–water partition coefficient (Wildman–Crippen LogP) is 3.00. The highest BCUT2D eigenvalue weighted by molar-refractivity contribution is 7.98. The summed E-state index contributed by atoms with van der Waals surface area (Å²) < 4.78 is 5.66. The largest absolute Gasteiger partial charge is 0.418 e. The number of rotatable bonds is 3. The molecule has 0 radical (unpaired) electrons. The lowest BCUT2D eigenvalue weighted by atomic mass is 10.2. The highest BCUT2D eigenvalue weighted by atomic mass is 32.2. The van der Waals surface area contributed by atoms with Crippen LogP contribution in [0.15, 0.2) is 10.5 Å². The number of nitrogens with two attached hydrogens (primary N) is 1. The van der Waals surface area contributed by atoms with Crippen LogP contribution in [0.5, 0.6) is 0 Å². The molecule has 2 aromatic heterocycles. The standard InChI is InChI=1S/C12H15N3OS2/c1-2-8(13)11-14-15-12(16-11)10-5-7-6-17-4-3-9(7)18-10/h5,8H,2-4,6,13H2,1H3. The summed E-state index contributed by atoms with van der Waals surface area (Å²) in [6.07, 6.45) is 1.96. The maximum absolute atomic E-state index is 5.89. The molecule has 96 valence electrons. The van der Waals surface area contributed by atoms with Gasteiger partial charge in [-0.1, -0.05) is 6.92 Å². The van der Waals surface area contributed by atoms with E-state index in [1.165, 1.54) is 16.2 Å². The van der Waals surface area contributed by atoms with E-state index in [4.69, 9.17) is 10.2 Å². The highest BCUT2D eigenvalue weighted by Gasteiger charge is 2.19. The van der Waals surface area contributed by atoms with E-state index in [1.807, 2.05) is 18.7 Å². The molecule has 3 rings (SSSR count). The van der Waals surface area contributed by atoms with Crippen molar-refractivity contribution in [2.24, 2.45) is 5.73 Å². The topological polar surface area (TPSA) is 64.9 Å². The Balaban J connectivity index is 1.90. The molecule has 6 heteroatoms. The summed E-state index contributed by atoms with van der Waals surface area (Å²) in [5.41, 5.74) is 7.31. The summed E-state index contributed by atoms with van der Waals surface area (Å²) in [6.45, 7) is 2.01. The van der Waals surface area contributed by atoms with Gasteiger partial charge in [-0.25, -0.2) is 0 Å². The third-order valence-corrected chi connectivity index (χ3v) is 5.27. The van der Waals surface area contributed by atoms with Crippen LogP contribution in [0.2, 0.25) is 0 Å². The van der Waals surface area contributed by atoms with Crippen molar-refractivity contribution in [3.8, 4) is 10.8 Å². The van der Waals surface area contributed by atoms with Gasteiger partial charge >= 0.3 is 0 Å². The number of aryl methyl sites for hydroxylation is 1. The molecule has 4 nitrogen and oxygen atoms in total. The van der Waals surface area contributed by atoms with Crippen molar-refractivity contribution < 1.29 is 4.42 Å². The van der Waals surface area contributed by atoms with Gasteiger partial charge in [0.1, 0.15) is 0 Å². The van der Waals surface area contributed by atoms with Gasteiger partial charge in [0.25, 0.3) is 5.89 Å². The molecular weight excluding hydrogens is 266 g/mol. The first-order valence-electron chi connectivity index (χ1n) is 6.06. The zero-order valence-electron chi connectivity index (χ0n) is 10.2. The molecule has 1 unspecified atom stereocenters. The molecular formula is C12H15N3OS2. The molecule has 0 saturated heterocycles. The molecule has 1 aliphatic heterocycles. The lowest BCUT2D eigenvalue weighted by molar-refractivity contribution is 0.453. The van der Waals surface area contributed by atoms with Gasteiger partial charge in [0.15, 0.2) is 0 Å². The number of hydrogen-bond donors (Lipinski definition) is 1. The summed E-state index contributed by atoms with van der Waals surface area (Å²) >= 11 is 3.75. The summed E-state index contributed by atoms with van der Waals surface area (Å²) in [5.74, 6) is 3.45. The van der Waals surface area contributed by atoms with E-state index in [0.29, 0.717) is 11.8 Å². The van der Waals surface area contributed by atoms with Crippen LogP contribution in [-0.4, -0.2) is 16.0 Å². The first kappa shape index (κ1) is 12.2. The molecule has 0 aromatic carbocycles. The van der Waals surface area contributed by atoms with E-state index >= 15 is 0 Å². The van der Waals surface area contributed by atoms with Crippen molar-refractivity contribution in [3.63, 3.8) is 0 Å². The van der Waals surface area contributed by atoms with Gasteiger partial charge in [0.05, 0.1) is 10.9 Å². The minimum absolute atomic E-state index is 0.156. The Hall–Kier alpha value is -0.850. The first-order valence-corrected chi connectivity index (χ1v) is 8.03. The van der Waals surface area contributed by atoms with Gasteiger partial charge < -0.3 is 10.2 Å². The van der Waals surface area contributed by atoms with Gasteiger partial charge in [-0.05, 0) is 30.2 Å². The van der Waals surface area contributed by atoms with E-state index in [0.717, 1.165) is 23.5 Å². The number of thiophene rings is 1. The van der Waals surface area contributed by atoms with Gasteiger partial charge in [-0.3, -0.25) is 0 Å². The second-order valence-corrected chi connectivity index (χ2v) is 6.56. The Kier molecular flexibility index (Phi) is 3.41. The van der Waals surface area contributed by atoms with Crippen molar-refractivity contribution in [2.75, 3.05) is 5.75 Å². The highest BCUT2D eigenvalue weighted by Crippen LogP contribution is 2.36. The molecule has 0 bridgehead atoms. The molecule has 2 aromatic rings. The number of aromatic nitrogens is 2. The molecule has 1 atom stereocenters. The van der Waals surface area contributed by atoms with Crippen LogP contribution < -0.4 is 5.73 Å². The SMILES string of the molecule is CCC(N)c1nnc(-c2cc3c(s2)CCSC3)o1. The average molecular weight is 281 g/mol. The molecule has 0 fully saturated rings. The van der Waals surface area contributed by atoms with Crippen LogP contribution in [-0.2, 0) is 12.2 Å². The maximum atomic E-state index is 5.89. The van der Waals surface area contributed by atoms with E-state index in [-0.39, 0.29) is 6.04 Å². The van der Waals surface area contributed by atoms with Gasteiger partial charge in [-0.2, -0.15) is 11.8 Å². The lowest BCUT2D eigenvalue weighted by Crippen LogP contribution is -2.08. The molecule has 0 aliphatic carbocycles. The summed E-state index contributed by atoms with van der Waals surface area (Å²) in [4.78, 5) is 2.54. The van der Waals surface area contributed by atoms with Crippen LogP contribution in [0.25, 0.3) is 10.8 Å². The van der Waals surface area contributed by atoms with E-state index in [2.05, 4.69) is 16.3 Å². The van der Waals surface area contributed by atoms with Crippen LogP contribution in [0.1, 0.15) is 35.7 Å². The van der Waals surface area contributed by atoms with Gasteiger partial charge in [0, 0.05) is 10.6 Å². The first-order chi connectivity index (χ1) is 8.78. The number of fused-ring (bicyclic) bond motifs is 1. The Bertz CT molecular complexity index is 526. The molecule has 2 N–H and O–H groups in total. The fourth-order valence-corrected chi connectivity index (χ4v) is 4.20. The van der Waals surface area contributed by atoms with E-state index in [1.54, 1.807) is 11.3 Å². The third-order valence-electron chi connectivity index (χ3n) is 3.04. The van der Waals surface area contributed by atoms with Gasteiger partial charge in [0.2, 0.25) is 5.89 Å². The number of nitrogens with zero attached hydrogens (tertiary/aromatic N) is 2.